The average Bonchev–Trinajstić information content (AvgIpc) is 2.88. The highest BCUT2D eigenvalue weighted by atomic mass is 35.5. The quantitative estimate of drug-likeness (QED) is 0.596. The molecule has 0 radical (unpaired) electrons. The topological polar surface area (TPSA) is 44.3 Å². The van der Waals surface area contributed by atoms with Crippen LogP contribution in [0, 0.1) is 6.92 Å². The summed E-state index contributed by atoms with van der Waals surface area (Å²) in [6.07, 6.45) is 2.13. The number of nitrogens with one attached hydrogen (secondary N) is 1. The Labute approximate surface area is 153 Å². The third kappa shape index (κ3) is 3.10. The van der Waals surface area contributed by atoms with Gasteiger partial charge in [0, 0.05) is 18.5 Å². The van der Waals surface area contributed by atoms with Crippen LogP contribution in [-0.2, 0) is 0 Å². The SMILES string of the molecule is Cc1ccc2c(=O)n(-c3ccccc3)n(C3CC[NH+](C)CC3)c2n1.[Cl-]. The van der Waals surface area contributed by atoms with E-state index in [1.165, 1.54) is 0 Å². The van der Waals surface area contributed by atoms with Crippen LogP contribution in [0.4, 0.5) is 0 Å². The largest absolute Gasteiger partial charge is 1.00 e. The van der Waals surface area contributed by atoms with E-state index < -0.39 is 0 Å². The van der Waals surface area contributed by atoms with Gasteiger partial charge in [0.1, 0.15) is 0 Å². The van der Waals surface area contributed by atoms with Gasteiger partial charge in [0.15, 0.2) is 5.65 Å². The number of quaternary nitrogens is 1. The van der Waals surface area contributed by atoms with E-state index >= 15 is 0 Å². The molecule has 5 nitrogen and oxygen atoms in total. The number of rotatable bonds is 2. The first kappa shape index (κ1) is 17.7. The van der Waals surface area contributed by atoms with E-state index in [4.69, 9.17) is 4.98 Å². The van der Waals surface area contributed by atoms with Gasteiger partial charge in [0.05, 0.1) is 37.3 Å². The molecule has 3 heterocycles. The lowest BCUT2D eigenvalue weighted by Crippen LogP contribution is -3.10. The smallest absolute Gasteiger partial charge is 0.280 e. The van der Waals surface area contributed by atoms with Crippen LogP contribution < -0.4 is 22.9 Å². The van der Waals surface area contributed by atoms with Gasteiger partial charge < -0.3 is 17.3 Å². The maximum Gasteiger partial charge on any atom is 0.280 e. The number of halogens is 1. The lowest BCUT2D eigenvalue weighted by molar-refractivity contribution is -0.885. The number of hydrogen-bond acceptors (Lipinski definition) is 2. The van der Waals surface area contributed by atoms with E-state index in [0.29, 0.717) is 11.4 Å². The van der Waals surface area contributed by atoms with Crippen LogP contribution in [0.1, 0.15) is 24.6 Å². The van der Waals surface area contributed by atoms with E-state index in [0.717, 1.165) is 43.0 Å². The Bertz CT molecular complexity index is 924. The van der Waals surface area contributed by atoms with E-state index in [-0.39, 0.29) is 18.0 Å². The molecule has 132 valence electrons. The van der Waals surface area contributed by atoms with Crippen molar-refractivity contribution < 1.29 is 17.3 Å². The Morgan fingerprint density at radius 1 is 1.08 bits per heavy atom. The number of aryl methyl sites for hydroxylation is 1. The predicted octanol–water partition coefficient (Wildman–Crippen LogP) is -1.65. The number of piperidine rings is 1. The van der Waals surface area contributed by atoms with Crippen molar-refractivity contribution in [2.45, 2.75) is 25.8 Å². The lowest BCUT2D eigenvalue weighted by Gasteiger charge is -2.29. The second kappa shape index (κ2) is 7.02. The summed E-state index contributed by atoms with van der Waals surface area (Å²) in [6, 6.07) is 14.0. The zero-order chi connectivity index (χ0) is 16.7. The summed E-state index contributed by atoms with van der Waals surface area (Å²) in [5.74, 6) is 0. The minimum atomic E-state index is 0. The van der Waals surface area contributed by atoms with Gasteiger partial charge in [-0.15, -0.1) is 0 Å². The molecule has 3 aromatic rings. The number of pyridine rings is 1. The highest BCUT2D eigenvalue weighted by Crippen LogP contribution is 2.24. The second-order valence-electron chi connectivity index (χ2n) is 6.81. The minimum absolute atomic E-state index is 0. The van der Waals surface area contributed by atoms with Crippen molar-refractivity contribution in [3.05, 3.63) is 58.5 Å². The number of nitrogens with zero attached hydrogens (tertiary/aromatic N) is 3. The van der Waals surface area contributed by atoms with Gasteiger partial charge in [0.2, 0.25) is 0 Å². The van der Waals surface area contributed by atoms with Gasteiger partial charge in [-0.3, -0.25) is 9.48 Å². The van der Waals surface area contributed by atoms with Gasteiger partial charge in [0.25, 0.3) is 5.56 Å². The van der Waals surface area contributed by atoms with Crippen molar-refractivity contribution in [2.75, 3.05) is 20.1 Å². The molecule has 1 aliphatic heterocycles. The van der Waals surface area contributed by atoms with E-state index in [1.54, 1.807) is 4.90 Å². The molecule has 0 unspecified atom stereocenters. The first-order valence-electron chi connectivity index (χ1n) is 8.63. The third-order valence-electron chi connectivity index (χ3n) is 5.02. The summed E-state index contributed by atoms with van der Waals surface area (Å²) in [5, 5.41) is 0.704. The third-order valence-corrected chi connectivity index (χ3v) is 5.02. The monoisotopic (exact) mass is 358 g/mol. The van der Waals surface area contributed by atoms with Gasteiger partial charge in [-0.1, -0.05) is 18.2 Å². The van der Waals surface area contributed by atoms with Crippen LogP contribution in [0.15, 0.2) is 47.3 Å². The molecule has 2 aromatic heterocycles. The molecule has 1 saturated heterocycles. The molecule has 0 saturated carbocycles. The maximum absolute atomic E-state index is 13.1. The summed E-state index contributed by atoms with van der Waals surface area (Å²) in [7, 11) is 2.23. The lowest BCUT2D eigenvalue weighted by atomic mass is 10.1. The summed E-state index contributed by atoms with van der Waals surface area (Å²) < 4.78 is 3.97. The average molecular weight is 359 g/mol. The van der Waals surface area contributed by atoms with Crippen molar-refractivity contribution in [3.8, 4) is 5.69 Å². The Morgan fingerprint density at radius 3 is 2.44 bits per heavy atom. The Hall–Kier alpha value is -2.11. The molecule has 0 atom stereocenters. The van der Waals surface area contributed by atoms with Gasteiger partial charge >= 0.3 is 0 Å². The molecule has 0 aliphatic carbocycles. The number of benzene rings is 1. The molecule has 0 bridgehead atoms. The summed E-state index contributed by atoms with van der Waals surface area (Å²) in [4.78, 5) is 19.3. The van der Waals surface area contributed by atoms with Gasteiger partial charge in [-0.25, -0.2) is 9.67 Å². The van der Waals surface area contributed by atoms with Crippen LogP contribution in [0.5, 0.6) is 0 Å². The standard InChI is InChI=1S/C19H22N4O.ClH/c1-14-8-9-17-18(20-14)22(16-10-12-21(2)13-11-16)23(19(17)24)15-6-4-3-5-7-15;/h3-9,16H,10-13H2,1-2H3;1H. The Kier molecular flexibility index (Phi) is 4.97. The predicted molar refractivity (Wildman–Crippen MR) is 95.0 cm³/mol. The second-order valence-corrected chi connectivity index (χ2v) is 6.81. The normalized spacial score (nSPS) is 20.4. The van der Waals surface area contributed by atoms with Crippen LogP contribution in [0.3, 0.4) is 0 Å². The van der Waals surface area contributed by atoms with Crippen LogP contribution >= 0.6 is 0 Å². The zero-order valence-corrected chi connectivity index (χ0v) is 15.3. The summed E-state index contributed by atoms with van der Waals surface area (Å²) in [5.41, 5.74) is 2.69. The number of hydrogen-bond donors (Lipinski definition) is 1. The Morgan fingerprint density at radius 2 is 1.76 bits per heavy atom. The van der Waals surface area contributed by atoms with Crippen LogP contribution in [0.2, 0.25) is 0 Å². The van der Waals surface area contributed by atoms with Crippen molar-refractivity contribution in [1.29, 1.82) is 0 Å². The zero-order valence-electron chi connectivity index (χ0n) is 14.6. The summed E-state index contributed by atoms with van der Waals surface area (Å²) >= 11 is 0. The fraction of sp³-hybridized carbons (Fsp3) is 0.368. The fourth-order valence-corrected chi connectivity index (χ4v) is 3.68. The van der Waals surface area contributed by atoms with Gasteiger partial charge in [-0.2, -0.15) is 0 Å². The molecule has 0 spiro atoms. The molecule has 0 amide bonds. The molecule has 6 heteroatoms. The number of para-hydroxylation sites is 1. The van der Waals surface area contributed by atoms with Crippen LogP contribution in [-0.4, -0.2) is 34.5 Å². The van der Waals surface area contributed by atoms with Crippen molar-refractivity contribution in [2.24, 2.45) is 0 Å². The number of aromatic nitrogens is 3. The highest BCUT2D eigenvalue weighted by molar-refractivity contribution is 5.75. The Balaban J connectivity index is 0.00000182. The minimum Gasteiger partial charge on any atom is -1.00 e. The van der Waals surface area contributed by atoms with E-state index in [1.807, 2.05) is 54.1 Å². The molecule has 1 fully saturated rings. The molecule has 4 rings (SSSR count). The molecule has 1 aliphatic rings. The van der Waals surface area contributed by atoms with E-state index in [9.17, 15) is 4.79 Å². The number of likely N-dealkylation sites (tertiary alicyclic amines) is 1. The molecule has 1 aromatic carbocycles. The van der Waals surface area contributed by atoms with Crippen LogP contribution in [0.25, 0.3) is 16.7 Å². The van der Waals surface area contributed by atoms with Crippen molar-refractivity contribution >= 4 is 11.0 Å². The molecule has 1 N–H and O–H groups in total. The number of fused-ring (bicyclic) bond motifs is 1. The molecule has 25 heavy (non-hydrogen) atoms. The van der Waals surface area contributed by atoms with Crippen molar-refractivity contribution in [1.82, 2.24) is 14.3 Å². The summed E-state index contributed by atoms with van der Waals surface area (Å²) in [6.45, 7) is 4.23. The first-order chi connectivity index (χ1) is 11.6. The van der Waals surface area contributed by atoms with E-state index in [2.05, 4.69) is 11.7 Å². The van der Waals surface area contributed by atoms with Gasteiger partial charge in [-0.05, 0) is 31.2 Å². The fourth-order valence-electron chi connectivity index (χ4n) is 3.68. The highest BCUT2D eigenvalue weighted by Gasteiger charge is 2.27. The van der Waals surface area contributed by atoms with Crippen molar-refractivity contribution in [3.63, 3.8) is 0 Å². The molecular weight excluding hydrogens is 336 g/mol. The molecular formula is C19H23ClN4O. The first-order valence-corrected chi connectivity index (χ1v) is 8.63. The maximum atomic E-state index is 13.1.